The number of hydrogen-bond acceptors (Lipinski definition) is 4. The van der Waals surface area contributed by atoms with Crippen LogP contribution in [0.25, 0.3) is 10.9 Å². The van der Waals surface area contributed by atoms with Gasteiger partial charge in [-0.15, -0.1) is 4.59 Å². The first-order chi connectivity index (χ1) is 11.9. The van der Waals surface area contributed by atoms with Crippen LogP contribution < -0.4 is 5.01 Å². The standard InChI is InChI=1S/C19H18N5/c1-4-16(5-1)23(24-10-9-20-12-18(24)13-21-14-24)17-7-6-15-3-2-8-22-19(15)11-17/h2-3,6-14,16H,1,4-5H2/q+1. The van der Waals surface area contributed by atoms with E-state index in [2.05, 4.69) is 50.4 Å². The summed E-state index contributed by atoms with van der Waals surface area (Å²) >= 11 is 0. The normalized spacial score (nSPS) is 24.8. The van der Waals surface area contributed by atoms with Crippen molar-refractivity contribution >= 4 is 29.1 Å². The molecule has 0 radical (unpaired) electrons. The molecule has 5 rings (SSSR count). The van der Waals surface area contributed by atoms with E-state index >= 15 is 0 Å². The van der Waals surface area contributed by atoms with Crippen molar-refractivity contribution in [2.24, 2.45) is 9.98 Å². The summed E-state index contributed by atoms with van der Waals surface area (Å²) in [4.78, 5) is 13.3. The number of aromatic nitrogens is 1. The highest BCUT2D eigenvalue weighted by Gasteiger charge is 2.46. The van der Waals surface area contributed by atoms with Crippen molar-refractivity contribution in [3.05, 3.63) is 60.8 Å². The first-order valence-electron chi connectivity index (χ1n) is 8.36. The van der Waals surface area contributed by atoms with Gasteiger partial charge in [0.1, 0.15) is 0 Å². The summed E-state index contributed by atoms with van der Waals surface area (Å²) in [6.07, 6.45) is 15.3. The number of anilines is 1. The third-order valence-electron chi connectivity index (χ3n) is 5.08. The van der Waals surface area contributed by atoms with Crippen molar-refractivity contribution in [2.45, 2.75) is 25.3 Å². The molecule has 0 bridgehead atoms. The van der Waals surface area contributed by atoms with Gasteiger partial charge in [-0.2, -0.15) is 0 Å². The van der Waals surface area contributed by atoms with Crippen LogP contribution in [-0.4, -0.2) is 28.2 Å². The van der Waals surface area contributed by atoms with Crippen molar-refractivity contribution < 1.29 is 4.59 Å². The zero-order chi connectivity index (χ0) is 16.0. The summed E-state index contributed by atoms with van der Waals surface area (Å²) in [6.45, 7) is 0. The second-order valence-corrected chi connectivity index (χ2v) is 6.44. The lowest BCUT2D eigenvalue weighted by molar-refractivity contribution is -0.746. The largest absolute Gasteiger partial charge is 0.256 e. The molecule has 2 aromatic rings. The van der Waals surface area contributed by atoms with Crippen molar-refractivity contribution in [1.29, 1.82) is 0 Å². The topological polar surface area (TPSA) is 40.9 Å². The maximum Gasteiger partial charge on any atom is 0.225 e. The van der Waals surface area contributed by atoms with Gasteiger partial charge in [0.15, 0.2) is 6.20 Å². The van der Waals surface area contributed by atoms with Gasteiger partial charge in [-0.3, -0.25) is 9.98 Å². The number of aliphatic imine (C=N–C) groups is 2. The van der Waals surface area contributed by atoms with Crippen LogP contribution in [0.1, 0.15) is 19.3 Å². The van der Waals surface area contributed by atoms with Gasteiger partial charge in [0, 0.05) is 11.6 Å². The molecule has 1 aromatic heterocycles. The summed E-state index contributed by atoms with van der Waals surface area (Å²) in [5.41, 5.74) is 3.27. The van der Waals surface area contributed by atoms with Crippen LogP contribution >= 0.6 is 0 Å². The zero-order valence-corrected chi connectivity index (χ0v) is 13.3. The predicted octanol–water partition coefficient (Wildman–Crippen LogP) is 3.76. The van der Waals surface area contributed by atoms with E-state index in [4.69, 9.17) is 0 Å². The minimum atomic E-state index is 0.493. The Labute approximate surface area is 140 Å². The Morgan fingerprint density at radius 1 is 1.12 bits per heavy atom. The van der Waals surface area contributed by atoms with Gasteiger partial charge in [-0.25, -0.2) is 10.0 Å². The van der Waals surface area contributed by atoms with E-state index < -0.39 is 0 Å². The van der Waals surface area contributed by atoms with E-state index in [0.29, 0.717) is 10.6 Å². The van der Waals surface area contributed by atoms with Crippen LogP contribution in [0.15, 0.2) is 70.8 Å². The molecule has 1 aliphatic carbocycles. The highest BCUT2D eigenvalue weighted by Crippen LogP contribution is 2.39. The summed E-state index contributed by atoms with van der Waals surface area (Å²) in [6, 6.07) is 11.1. The van der Waals surface area contributed by atoms with E-state index in [0.717, 1.165) is 16.6 Å². The molecule has 1 atom stereocenters. The highest BCUT2D eigenvalue weighted by molar-refractivity contribution is 5.84. The zero-order valence-electron chi connectivity index (χ0n) is 13.3. The Bertz CT molecular complexity index is 922. The Morgan fingerprint density at radius 3 is 2.96 bits per heavy atom. The van der Waals surface area contributed by atoms with Gasteiger partial charge in [-0.1, -0.05) is 12.1 Å². The SMILES string of the molecule is C1=C[N+]2(N(c3ccc4cccnc4c3)C3CCC3)C=NC=C2C=N1. The van der Waals surface area contributed by atoms with Crippen LogP contribution in [0.5, 0.6) is 0 Å². The molecule has 5 heteroatoms. The molecule has 0 N–H and O–H groups in total. The summed E-state index contributed by atoms with van der Waals surface area (Å²) in [5.74, 6) is 0. The number of quaternary nitrogens is 1. The smallest absolute Gasteiger partial charge is 0.225 e. The number of nitrogens with zero attached hydrogens (tertiary/aromatic N) is 5. The fourth-order valence-electron chi connectivity index (χ4n) is 3.63. The van der Waals surface area contributed by atoms with Crippen LogP contribution in [0.3, 0.4) is 0 Å². The van der Waals surface area contributed by atoms with E-state index in [9.17, 15) is 0 Å². The van der Waals surface area contributed by atoms with Gasteiger partial charge >= 0.3 is 0 Å². The van der Waals surface area contributed by atoms with Gasteiger partial charge in [-0.05, 0) is 37.5 Å². The molecule has 0 amide bonds. The first kappa shape index (κ1) is 13.6. The second-order valence-electron chi connectivity index (χ2n) is 6.44. The van der Waals surface area contributed by atoms with Gasteiger partial charge in [0.2, 0.25) is 12.0 Å². The number of allylic oxidation sites excluding steroid dienone is 1. The van der Waals surface area contributed by atoms with Crippen LogP contribution in [-0.2, 0) is 0 Å². The van der Waals surface area contributed by atoms with Crippen LogP contribution in [0.4, 0.5) is 5.69 Å². The number of pyridine rings is 1. The Morgan fingerprint density at radius 2 is 2.08 bits per heavy atom. The second kappa shape index (κ2) is 5.11. The molecule has 1 aromatic carbocycles. The number of fused-ring (bicyclic) bond motifs is 2. The van der Waals surface area contributed by atoms with Gasteiger partial charge < -0.3 is 0 Å². The van der Waals surface area contributed by atoms with Crippen molar-refractivity contribution in [2.75, 3.05) is 5.01 Å². The van der Waals surface area contributed by atoms with E-state index in [1.807, 2.05) is 37.2 Å². The molecule has 3 aliphatic rings. The maximum absolute atomic E-state index is 4.53. The molecule has 0 spiro atoms. The monoisotopic (exact) mass is 316 g/mol. The average molecular weight is 316 g/mol. The van der Waals surface area contributed by atoms with Crippen molar-refractivity contribution in [1.82, 2.24) is 4.98 Å². The minimum Gasteiger partial charge on any atom is -0.256 e. The molecule has 1 fully saturated rings. The fraction of sp³-hybridized carbons (Fsp3) is 0.211. The molecule has 5 nitrogen and oxygen atoms in total. The maximum atomic E-state index is 4.53. The molecular weight excluding hydrogens is 298 g/mol. The number of hydrogen-bond donors (Lipinski definition) is 0. The minimum absolute atomic E-state index is 0.493. The van der Waals surface area contributed by atoms with Gasteiger partial charge in [0.25, 0.3) is 0 Å². The van der Waals surface area contributed by atoms with E-state index in [-0.39, 0.29) is 0 Å². The lowest BCUT2D eigenvalue weighted by Gasteiger charge is -2.46. The Balaban J connectivity index is 1.67. The van der Waals surface area contributed by atoms with Crippen molar-refractivity contribution in [3.63, 3.8) is 0 Å². The van der Waals surface area contributed by atoms with E-state index in [1.54, 1.807) is 0 Å². The van der Waals surface area contributed by atoms with E-state index in [1.165, 1.54) is 24.9 Å². The van der Waals surface area contributed by atoms with Gasteiger partial charge in [0.05, 0.1) is 35.9 Å². The fourth-order valence-corrected chi connectivity index (χ4v) is 3.63. The molecule has 0 saturated heterocycles. The third-order valence-corrected chi connectivity index (χ3v) is 5.08. The molecular formula is C19H18N5+. The third kappa shape index (κ3) is 1.88. The lowest BCUT2D eigenvalue weighted by Crippen LogP contribution is -2.61. The molecule has 1 unspecified atom stereocenters. The molecule has 24 heavy (non-hydrogen) atoms. The molecule has 3 heterocycles. The molecule has 1 saturated carbocycles. The van der Waals surface area contributed by atoms with Crippen molar-refractivity contribution in [3.8, 4) is 0 Å². The number of rotatable bonds is 3. The summed E-state index contributed by atoms with van der Waals surface area (Å²) in [5, 5.41) is 3.61. The molecule has 2 aliphatic heterocycles. The first-order valence-corrected chi connectivity index (χ1v) is 8.36. The number of benzene rings is 1. The van der Waals surface area contributed by atoms with Crippen LogP contribution in [0, 0.1) is 0 Å². The van der Waals surface area contributed by atoms with Crippen LogP contribution in [0.2, 0.25) is 0 Å². The predicted molar refractivity (Wildman–Crippen MR) is 96.3 cm³/mol. The highest BCUT2D eigenvalue weighted by atomic mass is 15.8. The average Bonchev–Trinajstić information content (AvgIpc) is 3.02. The summed E-state index contributed by atoms with van der Waals surface area (Å²) in [7, 11) is 0. The summed E-state index contributed by atoms with van der Waals surface area (Å²) < 4.78 is 0.493. The molecule has 118 valence electrons. The Kier molecular flexibility index (Phi) is 2.90. The quantitative estimate of drug-likeness (QED) is 0.809. The lowest BCUT2D eigenvalue weighted by atomic mass is 9.91. The Hall–Kier alpha value is -2.79.